The number of hydrogen-bond acceptors (Lipinski definition) is 5. The molecule has 0 saturated carbocycles. The second-order valence-electron chi connectivity index (χ2n) is 3.98. The van der Waals surface area contributed by atoms with E-state index in [9.17, 15) is 4.79 Å². The van der Waals surface area contributed by atoms with Gasteiger partial charge in [-0.15, -0.1) is 0 Å². The normalized spacial score (nSPS) is 19.0. The first-order valence-electron chi connectivity index (χ1n) is 5.70. The maximum absolute atomic E-state index is 11.2. The zero-order valence-electron chi connectivity index (χ0n) is 9.81. The highest BCUT2D eigenvalue weighted by atomic mass is 16.5. The molecule has 0 aliphatic carbocycles. The van der Waals surface area contributed by atoms with E-state index in [1.165, 1.54) is 13.5 Å². The molecule has 1 N–H and O–H groups in total. The number of nitrogens with zero attached hydrogens (tertiary/aromatic N) is 1. The third-order valence-electron chi connectivity index (χ3n) is 2.74. The van der Waals surface area contributed by atoms with E-state index in [1.807, 2.05) is 0 Å². The van der Waals surface area contributed by atoms with Gasteiger partial charge in [0.05, 0.1) is 13.3 Å². The quantitative estimate of drug-likeness (QED) is 0.790. The molecule has 0 aromatic carbocycles. The third-order valence-corrected chi connectivity index (χ3v) is 2.74. The van der Waals surface area contributed by atoms with Crippen LogP contribution in [0.15, 0.2) is 18.3 Å². The van der Waals surface area contributed by atoms with Crippen molar-refractivity contribution in [1.82, 2.24) is 10.3 Å². The van der Waals surface area contributed by atoms with Gasteiger partial charge in [0.1, 0.15) is 18.1 Å². The van der Waals surface area contributed by atoms with E-state index in [0.717, 1.165) is 13.0 Å². The van der Waals surface area contributed by atoms with Gasteiger partial charge in [-0.05, 0) is 31.5 Å². The van der Waals surface area contributed by atoms with Crippen LogP contribution in [-0.4, -0.2) is 37.3 Å². The Bertz CT molecular complexity index is 372. The largest absolute Gasteiger partial charge is 0.490 e. The van der Waals surface area contributed by atoms with Crippen LogP contribution in [0, 0.1) is 0 Å². The monoisotopic (exact) mass is 236 g/mol. The Morgan fingerprint density at radius 3 is 3.06 bits per heavy atom. The molecule has 2 heterocycles. The van der Waals surface area contributed by atoms with E-state index < -0.39 is 5.97 Å². The van der Waals surface area contributed by atoms with Crippen molar-refractivity contribution >= 4 is 5.97 Å². The third kappa shape index (κ3) is 3.17. The first-order chi connectivity index (χ1) is 8.29. The minimum Gasteiger partial charge on any atom is -0.490 e. The highest BCUT2D eigenvalue weighted by Crippen LogP contribution is 2.12. The Hall–Kier alpha value is -1.62. The van der Waals surface area contributed by atoms with E-state index in [-0.39, 0.29) is 0 Å². The summed E-state index contributed by atoms with van der Waals surface area (Å²) in [5, 5.41) is 3.35. The summed E-state index contributed by atoms with van der Waals surface area (Å²) in [4.78, 5) is 15.1. The van der Waals surface area contributed by atoms with Crippen molar-refractivity contribution in [3.63, 3.8) is 0 Å². The van der Waals surface area contributed by atoms with Crippen LogP contribution < -0.4 is 10.1 Å². The molecule has 1 aliphatic rings. The molecule has 0 spiro atoms. The summed E-state index contributed by atoms with van der Waals surface area (Å²) in [6.07, 6.45) is 3.89. The lowest BCUT2D eigenvalue weighted by molar-refractivity contribution is 0.0594. The maximum atomic E-state index is 11.2. The van der Waals surface area contributed by atoms with Crippen LogP contribution in [0.5, 0.6) is 5.75 Å². The fraction of sp³-hybridized carbons (Fsp3) is 0.500. The molecule has 0 amide bonds. The zero-order chi connectivity index (χ0) is 12.1. The van der Waals surface area contributed by atoms with Crippen LogP contribution in [0.3, 0.4) is 0 Å². The number of methoxy groups -OCH3 is 1. The summed E-state index contributed by atoms with van der Waals surface area (Å²) in [7, 11) is 1.33. The lowest BCUT2D eigenvalue weighted by atomic mass is 10.2. The van der Waals surface area contributed by atoms with Gasteiger partial charge < -0.3 is 14.8 Å². The Labute approximate surface area is 100 Å². The number of ether oxygens (including phenoxy) is 2. The Balaban J connectivity index is 1.87. The number of carbonyl (C=O) groups excluding carboxylic acids is 1. The second-order valence-corrected chi connectivity index (χ2v) is 3.98. The van der Waals surface area contributed by atoms with Crippen LogP contribution >= 0.6 is 0 Å². The number of hydrogen-bond donors (Lipinski definition) is 1. The molecular weight excluding hydrogens is 220 g/mol. The second kappa shape index (κ2) is 5.63. The minimum absolute atomic E-state index is 0.291. The molecule has 1 aromatic rings. The molecule has 17 heavy (non-hydrogen) atoms. The van der Waals surface area contributed by atoms with Crippen molar-refractivity contribution in [2.24, 2.45) is 0 Å². The van der Waals surface area contributed by atoms with Gasteiger partial charge in [0, 0.05) is 6.04 Å². The van der Waals surface area contributed by atoms with Crippen LogP contribution in [0.25, 0.3) is 0 Å². The van der Waals surface area contributed by atoms with E-state index in [0.29, 0.717) is 24.1 Å². The maximum Gasteiger partial charge on any atom is 0.356 e. The van der Waals surface area contributed by atoms with Crippen molar-refractivity contribution < 1.29 is 14.3 Å². The molecule has 1 unspecified atom stereocenters. The average molecular weight is 236 g/mol. The first-order valence-corrected chi connectivity index (χ1v) is 5.70. The summed E-state index contributed by atoms with van der Waals surface area (Å²) in [6.45, 7) is 1.70. The fourth-order valence-electron chi connectivity index (χ4n) is 1.79. The van der Waals surface area contributed by atoms with Gasteiger partial charge in [-0.25, -0.2) is 9.78 Å². The number of esters is 1. The summed E-state index contributed by atoms with van der Waals surface area (Å²) >= 11 is 0. The molecule has 1 aromatic heterocycles. The van der Waals surface area contributed by atoms with Crippen molar-refractivity contribution in [2.45, 2.75) is 18.9 Å². The van der Waals surface area contributed by atoms with Gasteiger partial charge in [0.2, 0.25) is 0 Å². The molecule has 1 saturated heterocycles. The SMILES string of the molecule is COC(=O)c1ccc(OCC2CCCN2)cn1. The van der Waals surface area contributed by atoms with E-state index in [1.54, 1.807) is 18.3 Å². The van der Waals surface area contributed by atoms with Crippen LogP contribution in [0.4, 0.5) is 0 Å². The topological polar surface area (TPSA) is 60.5 Å². The molecule has 0 bridgehead atoms. The van der Waals surface area contributed by atoms with Crippen molar-refractivity contribution in [1.29, 1.82) is 0 Å². The van der Waals surface area contributed by atoms with Gasteiger partial charge in [-0.2, -0.15) is 0 Å². The molecule has 5 heteroatoms. The smallest absolute Gasteiger partial charge is 0.356 e. The predicted molar refractivity (Wildman–Crippen MR) is 62.1 cm³/mol. The molecule has 2 rings (SSSR count). The molecule has 0 radical (unpaired) electrons. The van der Waals surface area contributed by atoms with Crippen LogP contribution in [-0.2, 0) is 4.74 Å². The van der Waals surface area contributed by atoms with Gasteiger partial charge in [0.15, 0.2) is 0 Å². The van der Waals surface area contributed by atoms with Gasteiger partial charge in [-0.1, -0.05) is 0 Å². The summed E-state index contributed by atoms with van der Waals surface area (Å²) in [5.41, 5.74) is 0.291. The number of pyridine rings is 1. The van der Waals surface area contributed by atoms with Gasteiger partial charge >= 0.3 is 5.97 Å². The number of rotatable bonds is 4. The van der Waals surface area contributed by atoms with Crippen LogP contribution in [0.2, 0.25) is 0 Å². The van der Waals surface area contributed by atoms with Crippen molar-refractivity contribution in [3.8, 4) is 5.75 Å². The Morgan fingerprint density at radius 1 is 1.59 bits per heavy atom. The minimum atomic E-state index is -0.436. The number of aromatic nitrogens is 1. The lowest BCUT2D eigenvalue weighted by Gasteiger charge is -2.11. The van der Waals surface area contributed by atoms with Gasteiger partial charge in [-0.3, -0.25) is 0 Å². The highest BCUT2D eigenvalue weighted by molar-refractivity contribution is 5.87. The summed E-state index contributed by atoms with van der Waals surface area (Å²) < 4.78 is 10.1. The number of nitrogens with one attached hydrogen (secondary N) is 1. The summed E-state index contributed by atoms with van der Waals surface area (Å²) in [5.74, 6) is 0.236. The molecule has 92 valence electrons. The molecule has 1 fully saturated rings. The average Bonchev–Trinajstić information content (AvgIpc) is 2.89. The van der Waals surface area contributed by atoms with Crippen molar-refractivity contribution in [3.05, 3.63) is 24.0 Å². The first kappa shape index (κ1) is 11.9. The van der Waals surface area contributed by atoms with E-state index in [2.05, 4.69) is 15.0 Å². The Morgan fingerprint density at radius 2 is 2.47 bits per heavy atom. The molecule has 5 nitrogen and oxygen atoms in total. The molecular formula is C12H16N2O3. The van der Waals surface area contributed by atoms with Gasteiger partial charge in [0.25, 0.3) is 0 Å². The van der Waals surface area contributed by atoms with E-state index in [4.69, 9.17) is 4.74 Å². The zero-order valence-corrected chi connectivity index (χ0v) is 9.81. The van der Waals surface area contributed by atoms with Crippen molar-refractivity contribution in [2.75, 3.05) is 20.3 Å². The molecule has 1 atom stereocenters. The van der Waals surface area contributed by atoms with Crippen LogP contribution in [0.1, 0.15) is 23.3 Å². The predicted octanol–water partition coefficient (Wildman–Crippen LogP) is 0.999. The standard InChI is InChI=1S/C12H16N2O3/c1-16-12(15)11-5-4-10(7-14-11)17-8-9-3-2-6-13-9/h4-5,7,9,13H,2-3,6,8H2,1H3. The summed E-state index contributed by atoms with van der Waals surface area (Å²) in [6, 6.07) is 3.76. The fourth-order valence-corrected chi connectivity index (χ4v) is 1.79. The molecule has 1 aliphatic heterocycles. The highest BCUT2D eigenvalue weighted by Gasteiger charge is 2.14. The lowest BCUT2D eigenvalue weighted by Crippen LogP contribution is -2.28. The Kier molecular flexibility index (Phi) is 3.93. The van der Waals surface area contributed by atoms with E-state index >= 15 is 0 Å². The number of carbonyl (C=O) groups is 1.